The molecule has 1 fully saturated rings. The first-order valence-electron chi connectivity index (χ1n) is 11.7. The number of carbonyl (C=O) groups is 1. The molecule has 32 heavy (non-hydrogen) atoms. The molecule has 174 valence electrons. The lowest BCUT2D eigenvalue weighted by Crippen LogP contribution is -2.48. The number of hydrogen-bond donors (Lipinski definition) is 0. The monoisotopic (exact) mass is 440 g/mol. The molecule has 0 aromatic heterocycles. The lowest BCUT2D eigenvalue weighted by atomic mass is 10.1. The van der Waals surface area contributed by atoms with Gasteiger partial charge in [-0.05, 0) is 38.0 Å². The minimum Gasteiger partial charge on any atom is -0.490 e. The molecule has 2 aromatic carbocycles. The maximum Gasteiger partial charge on any atom is 0.223 e. The third kappa shape index (κ3) is 7.53. The molecule has 6 nitrogen and oxygen atoms in total. The Morgan fingerprint density at radius 2 is 1.69 bits per heavy atom. The molecule has 1 unspecified atom stereocenters. The summed E-state index contributed by atoms with van der Waals surface area (Å²) in [5.74, 6) is 1.63. The number of hydrogen-bond acceptors (Lipinski definition) is 5. The van der Waals surface area contributed by atoms with E-state index in [1.165, 1.54) is 0 Å². The molecule has 0 N–H and O–H groups in total. The van der Waals surface area contributed by atoms with E-state index in [2.05, 4.69) is 24.0 Å². The number of morpholine rings is 1. The zero-order valence-corrected chi connectivity index (χ0v) is 19.4. The number of para-hydroxylation sites is 2. The minimum absolute atomic E-state index is 0.125. The van der Waals surface area contributed by atoms with Crippen molar-refractivity contribution in [2.75, 3.05) is 46.1 Å². The van der Waals surface area contributed by atoms with Crippen molar-refractivity contribution >= 4 is 5.91 Å². The second-order valence-corrected chi connectivity index (χ2v) is 8.10. The molecule has 1 aliphatic rings. The minimum atomic E-state index is 0.125. The quantitative estimate of drug-likeness (QED) is 0.467. The number of ether oxygens (including phenoxy) is 3. The Labute approximate surface area is 192 Å². The highest BCUT2D eigenvalue weighted by atomic mass is 16.5. The van der Waals surface area contributed by atoms with Gasteiger partial charge in [0.05, 0.1) is 26.4 Å². The Hall–Kier alpha value is -2.57. The van der Waals surface area contributed by atoms with E-state index in [1.807, 2.05) is 54.3 Å². The van der Waals surface area contributed by atoms with E-state index < -0.39 is 0 Å². The fourth-order valence-corrected chi connectivity index (χ4v) is 3.92. The van der Waals surface area contributed by atoms with E-state index in [-0.39, 0.29) is 11.9 Å². The molecular weight excluding hydrogens is 404 g/mol. The average molecular weight is 441 g/mol. The number of nitrogens with zero attached hydrogens (tertiary/aromatic N) is 2. The van der Waals surface area contributed by atoms with E-state index in [9.17, 15) is 4.79 Å². The van der Waals surface area contributed by atoms with Crippen LogP contribution in [0.4, 0.5) is 0 Å². The molecule has 0 saturated carbocycles. The molecule has 0 radical (unpaired) electrons. The zero-order chi connectivity index (χ0) is 22.6. The molecule has 6 heteroatoms. The van der Waals surface area contributed by atoms with Crippen molar-refractivity contribution in [2.45, 2.75) is 39.3 Å². The smallest absolute Gasteiger partial charge is 0.223 e. The van der Waals surface area contributed by atoms with E-state index in [0.29, 0.717) is 32.6 Å². The van der Waals surface area contributed by atoms with E-state index in [4.69, 9.17) is 14.2 Å². The van der Waals surface area contributed by atoms with Gasteiger partial charge in [0.15, 0.2) is 11.5 Å². The summed E-state index contributed by atoms with van der Waals surface area (Å²) >= 11 is 0. The van der Waals surface area contributed by atoms with Crippen LogP contribution in [-0.2, 0) is 16.1 Å². The highest BCUT2D eigenvalue weighted by molar-refractivity contribution is 5.76. The molecular formula is C26H36N2O4. The standard InChI is InChI=1S/C26H36N2O4/c1-3-31-24-12-7-8-13-25(24)32-17-9-14-26(29)28(21-23-10-5-4-6-11-23)22(2)20-27-15-18-30-19-16-27/h4-8,10-13,22H,3,9,14-21H2,1-2H3. The molecule has 1 saturated heterocycles. The van der Waals surface area contributed by atoms with Crippen molar-refractivity contribution in [2.24, 2.45) is 0 Å². The number of carbonyl (C=O) groups excluding carboxylic acids is 1. The molecule has 1 amide bonds. The highest BCUT2D eigenvalue weighted by Gasteiger charge is 2.23. The molecule has 0 bridgehead atoms. The summed E-state index contributed by atoms with van der Waals surface area (Å²) in [6.45, 7) is 10.0. The van der Waals surface area contributed by atoms with Crippen LogP contribution in [-0.4, -0.2) is 67.8 Å². The molecule has 1 atom stereocenters. The Kier molecular flexibility index (Phi) is 9.85. The van der Waals surface area contributed by atoms with Gasteiger partial charge in [-0.1, -0.05) is 42.5 Å². The van der Waals surface area contributed by atoms with Crippen LogP contribution in [0.1, 0.15) is 32.3 Å². The second-order valence-electron chi connectivity index (χ2n) is 8.10. The summed E-state index contributed by atoms with van der Waals surface area (Å²) < 4.78 is 17.0. The summed E-state index contributed by atoms with van der Waals surface area (Å²) in [5.41, 5.74) is 1.15. The fourth-order valence-electron chi connectivity index (χ4n) is 3.92. The molecule has 1 aliphatic heterocycles. The van der Waals surface area contributed by atoms with Crippen molar-refractivity contribution in [3.63, 3.8) is 0 Å². The predicted octanol–water partition coefficient (Wildman–Crippen LogP) is 3.99. The van der Waals surface area contributed by atoms with E-state index in [1.54, 1.807) is 0 Å². The second kappa shape index (κ2) is 13.1. The van der Waals surface area contributed by atoms with Crippen molar-refractivity contribution in [1.29, 1.82) is 0 Å². The van der Waals surface area contributed by atoms with Crippen LogP contribution < -0.4 is 9.47 Å². The van der Waals surface area contributed by atoms with Gasteiger partial charge in [-0.15, -0.1) is 0 Å². The third-order valence-electron chi connectivity index (χ3n) is 5.62. The van der Waals surface area contributed by atoms with Crippen LogP contribution in [0.15, 0.2) is 54.6 Å². The third-order valence-corrected chi connectivity index (χ3v) is 5.62. The number of benzene rings is 2. The Balaban J connectivity index is 1.55. The van der Waals surface area contributed by atoms with Crippen LogP contribution in [0.25, 0.3) is 0 Å². The summed E-state index contributed by atoms with van der Waals surface area (Å²) in [6, 6.07) is 18.0. The summed E-state index contributed by atoms with van der Waals surface area (Å²) in [7, 11) is 0. The highest BCUT2D eigenvalue weighted by Crippen LogP contribution is 2.26. The van der Waals surface area contributed by atoms with Crippen molar-refractivity contribution < 1.29 is 19.0 Å². The average Bonchev–Trinajstić information content (AvgIpc) is 2.82. The van der Waals surface area contributed by atoms with Crippen molar-refractivity contribution in [3.8, 4) is 11.5 Å². The van der Waals surface area contributed by atoms with Gasteiger partial charge in [0.2, 0.25) is 5.91 Å². The molecule has 3 rings (SSSR count). The van der Waals surface area contributed by atoms with Crippen LogP contribution in [0, 0.1) is 0 Å². The van der Waals surface area contributed by atoms with Crippen LogP contribution >= 0.6 is 0 Å². The Morgan fingerprint density at radius 1 is 1.03 bits per heavy atom. The van der Waals surface area contributed by atoms with Gasteiger partial charge in [0.25, 0.3) is 0 Å². The molecule has 2 aromatic rings. The van der Waals surface area contributed by atoms with Crippen LogP contribution in [0.3, 0.4) is 0 Å². The van der Waals surface area contributed by atoms with Gasteiger partial charge in [-0.2, -0.15) is 0 Å². The summed E-state index contributed by atoms with van der Waals surface area (Å²) in [4.78, 5) is 17.6. The molecule has 1 heterocycles. The molecule has 0 aliphatic carbocycles. The predicted molar refractivity (Wildman–Crippen MR) is 126 cm³/mol. The number of rotatable bonds is 12. The topological polar surface area (TPSA) is 51.2 Å². The Morgan fingerprint density at radius 3 is 2.38 bits per heavy atom. The zero-order valence-electron chi connectivity index (χ0n) is 19.4. The van der Waals surface area contributed by atoms with Gasteiger partial charge >= 0.3 is 0 Å². The fraction of sp³-hybridized carbons (Fsp3) is 0.500. The van der Waals surface area contributed by atoms with Gasteiger partial charge in [0, 0.05) is 38.6 Å². The van der Waals surface area contributed by atoms with E-state index >= 15 is 0 Å². The first-order chi connectivity index (χ1) is 15.7. The first kappa shape index (κ1) is 24.1. The SMILES string of the molecule is CCOc1ccccc1OCCCC(=O)N(Cc1ccccc1)C(C)CN1CCOCC1. The summed E-state index contributed by atoms with van der Waals surface area (Å²) in [5, 5.41) is 0. The van der Waals surface area contributed by atoms with Gasteiger partial charge in [-0.25, -0.2) is 0 Å². The maximum absolute atomic E-state index is 13.2. The van der Waals surface area contributed by atoms with Crippen molar-refractivity contribution in [3.05, 3.63) is 60.2 Å². The first-order valence-corrected chi connectivity index (χ1v) is 11.7. The van der Waals surface area contributed by atoms with Crippen LogP contribution in [0.2, 0.25) is 0 Å². The Bertz CT molecular complexity index is 808. The largest absolute Gasteiger partial charge is 0.490 e. The normalized spacial score (nSPS) is 15.2. The van der Waals surface area contributed by atoms with Gasteiger partial charge < -0.3 is 19.1 Å². The lowest BCUT2D eigenvalue weighted by molar-refractivity contribution is -0.134. The lowest BCUT2D eigenvalue weighted by Gasteiger charge is -2.35. The molecule has 0 spiro atoms. The summed E-state index contributed by atoms with van der Waals surface area (Å²) in [6.07, 6.45) is 1.12. The van der Waals surface area contributed by atoms with E-state index in [0.717, 1.165) is 49.9 Å². The number of amides is 1. The van der Waals surface area contributed by atoms with Crippen LogP contribution in [0.5, 0.6) is 11.5 Å². The maximum atomic E-state index is 13.2. The van der Waals surface area contributed by atoms with Gasteiger partial charge in [-0.3, -0.25) is 9.69 Å². The van der Waals surface area contributed by atoms with Gasteiger partial charge in [0.1, 0.15) is 0 Å². The van der Waals surface area contributed by atoms with Crippen molar-refractivity contribution in [1.82, 2.24) is 9.80 Å².